The molecule has 184 valence electrons. The molecule has 35 heavy (non-hydrogen) atoms. The lowest BCUT2D eigenvalue weighted by Gasteiger charge is -2.25. The molecule has 2 N–H and O–H groups in total. The van der Waals surface area contributed by atoms with Crippen LogP contribution in [0.3, 0.4) is 0 Å². The minimum absolute atomic E-state index is 0.0621. The Morgan fingerprint density at radius 1 is 0.943 bits per heavy atom. The fraction of sp³-hybridized carbons (Fsp3) is 0.231. The number of carbonyl (C=O) groups is 2. The molecule has 0 aliphatic carbocycles. The highest BCUT2D eigenvalue weighted by atomic mass is 32.2. The molecule has 0 aromatic heterocycles. The number of hydrogen-bond acceptors (Lipinski definition) is 5. The van der Waals surface area contributed by atoms with Gasteiger partial charge in [-0.2, -0.15) is 0 Å². The van der Waals surface area contributed by atoms with E-state index >= 15 is 0 Å². The van der Waals surface area contributed by atoms with Crippen molar-refractivity contribution >= 4 is 27.5 Å². The second-order valence-electron chi connectivity index (χ2n) is 8.04. The van der Waals surface area contributed by atoms with Gasteiger partial charge < -0.3 is 15.0 Å². The number of sulfonamides is 1. The number of carbonyl (C=O) groups excluding carboxylic acids is 2. The number of aryl methyl sites for hydroxylation is 1. The first kappa shape index (κ1) is 25.9. The predicted molar refractivity (Wildman–Crippen MR) is 135 cm³/mol. The van der Waals surface area contributed by atoms with E-state index in [1.54, 1.807) is 50.6 Å². The highest BCUT2D eigenvalue weighted by Crippen LogP contribution is 2.19. The first-order valence-corrected chi connectivity index (χ1v) is 12.5. The zero-order chi connectivity index (χ0) is 25.4. The van der Waals surface area contributed by atoms with E-state index in [0.717, 1.165) is 11.1 Å². The molecule has 0 heterocycles. The van der Waals surface area contributed by atoms with Crippen molar-refractivity contribution in [2.24, 2.45) is 0 Å². The first-order chi connectivity index (χ1) is 16.7. The molecule has 0 aliphatic heterocycles. The molecule has 3 rings (SSSR count). The second-order valence-corrected chi connectivity index (χ2v) is 9.81. The summed E-state index contributed by atoms with van der Waals surface area (Å²) in [4.78, 5) is 27.5. The molecule has 1 unspecified atom stereocenters. The zero-order valence-corrected chi connectivity index (χ0v) is 20.7. The summed E-state index contributed by atoms with van der Waals surface area (Å²) in [5.41, 5.74) is 2.41. The maximum Gasteiger partial charge on any atom is 0.249 e. The van der Waals surface area contributed by atoms with Gasteiger partial charge in [0.25, 0.3) is 0 Å². The van der Waals surface area contributed by atoms with Gasteiger partial charge in [0, 0.05) is 19.2 Å². The van der Waals surface area contributed by atoms with Crippen LogP contribution in [0.4, 0.5) is 5.69 Å². The molecule has 0 saturated carbocycles. The van der Waals surface area contributed by atoms with Crippen molar-refractivity contribution < 1.29 is 22.7 Å². The highest BCUT2D eigenvalue weighted by Gasteiger charge is 2.26. The number of hydrogen-bond donors (Lipinski definition) is 2. The summed E-state index contributed by atoms with van der Waals surface area (Å²) in [5, 5.41) is 2.69. The maximum absolute atomic E-state index is 13.3. The normalized spacial score (nSPS) is 12.0. The van der Waals surface area contributed by atoms with E-state index in [0.29, 0.717) is 11.4 Å². The van der Waals surface area contributed by atoms with E-state index in [1.165, 1.54) is 17.0 Å². The predicted octanol–water partition coefficient (Wildman–Crippen LogP) is 2.67. The van der Waals surface area contributed by atoms with Gasteiger partial charge in [0.15, 0.2) is 0 Å². The lowest BCUT2D eigenvalue weighted by molar-refractivity contribution is -0.126. The van der Waals surface area contributed by atoms with Gasteiger partial charge in [0.1, 0.15) is 11.8 Å². The third-order valence-electron chi connectivity index (χ3n) is 5.46. The molecule has 0 radical (unpaired) electrons. The van der Waals surface area contributed by atoms with Crippen LogP contribution >= 0.6 is 0 Å². The molecule has 0 spiro atoms. The fourth-order valence-corrected chi connectivity index (χ4v) is 4.41. The molecule has 8 nitrogen and oxygen atoms in total. The van der Waals surface area contributed by atoms with Gasteiger partial charge >= 0.3 is 0 Å². The number of amides is 2. The first-order valence-electron chi connectivity index (χ1n) is 11.0. The van der Waals surface area contributed by atoms with Gasteiger partial charge in [0.2, 0.25) is 21.8 Å². The minimum Gasteiger partial charge on any atom is -0.497 e. The van der Waals surface area contributed by atoms with Crippen molar-refractivity contribution in [2.45, 2.75) is 24.3 Å². The number of likely N-dealkylation sites (N-methyl/N-ethyl adjacent to an activating group) is 1. The molecular weight excluding hydrogens is 466 g/mol. The summed E-state index contributed by atoms with van der Waals surface area (Å²) in [5.74, 6) is -0.295. The molecular formula is C26H29N3O5S. The van der Waals surface area contributed by atoms with E-state index in [-0.39, 0.29) is 17.2 Å². The molecule has 0 saturated heterocycles. The molecule has 0 fully saturated rings. The van der Waals surface area contributed by atoms with Crippen LogP contribution in [-0.4, -0.2) is 47.0 Å². The Hall–Kier alpha value is -3.69. The number of benzene rings is 3. The van der Waals surface area contributed by atoms with Crippen LogP contribution in [-0.2, 0) is 26.0 Å². The summed E-state index contributed by atoms with van der Waals surface area (Å²) in [6.45, 7) is 1.35. The SMILES string of the molecule is COc1ccc(N(C)C(=O)C(Cc2ccccc2)NC(=O)CNS(=O)(=O)c2ccc(C)cc2)cc1. The van der Waals surface area contributed by atoms with E-state index in [2.05, 4.69) is 10.0 Å². The quantitative estimate of drug-likeness (QED) is 0.450. The Bertz CT molecular complexity index is 1240. The number of nitrogens with one attached hydrogen (secondary N) is 2. The van der Waals surface area contributed by atoms with E-state index in [4.69, 9.17) is 4.74 Å². The summed E-state index contributed by atoms with van der Waals surface area (Å²) in [6, 6.07) is 21.7. The van der Waals surface area contributed by atoms with Gasteiger partial charge in [-0.15, -0.1) is 0 Å². The minimum atomic E-state index is -3.87. The maximum atomic E-state index is 13.3. The number of anilines is 1. The van der Waals surface area contributed by atoms with Crippen LogP contribution in [0.15, 0.2) is 83.8 Å². The monoisotopic (exact) mass is 495 g/mol. The average Bonchev–Trinajstić information content (AvgIpc) is 2.87. The van der Waals surface area contributed by atoms with Crippen molar-refractivity contribution in [3.05, 3.63) is 90.0 Å². The van der Waals surface area contributed by atoms with Crippen molar-refractivity contribution in [2.75, 3.05) is 25.6 Å². The second kappa shape index (κ2) is 11.6. The zero-order valence-electron chi connectivity index (χ0n) is 19.9. The molecule has 2 amide bonds. The highest BCUT2D eigenvalue weighted by molar-refractivity contribution is 7.89. The molecule has 9 heteroatoms. The van der Waals surface area contributed by atoms with Crippen LogP contribution in [0, 0.1) is 6.92 Å². The van der Waals surface area contributed by atoms with Gasteiger partial charge in [-0.25, -0.2) is 13.1 Å². The van der Waals surface area contributed by atoms with Crippen LogP contribution in [0.1, 0.15) is 11.1 Å². The number of rotatable bonds is 10. The van der Waals surface area contributed by atoms with Crippen molar-refractivity contribution in [3.8, 4) is 5.75 Å². The van der Waals surface area contributed by atoms with Crippen LogP contribution in [0.5, 0.6) is 5.75 Å². The molecule has 3 aromatic carbocycles. The number of methoxy groups -OCH3 is 1. The Kier molecular flexibility index (Phi) is 8.62. The Balaban J connectivity index is 1.72. The third kappa shape index (κ3) is 7.14. The lowest BCUT2D eigenvalue weighted by atomic mass is 10.0. The van der Waals surface area contributed by atoms with E-state index in [1.807, 2.05) is 37.3 Å². The van der Waals surface area contributed by atoms with Gasteiger partial charge in [-0.05, 0) is 48.9 Å². The lowest BCUT2D eigenvalue weighted by Crippen LogP contribution is -2.51. The Morgan fingerprint density at radius 2 is 1.57 bits per heavy atom. The molecule has 3 aromatic rings. The third-order valence-corrected chi connectivity index (χ3v) is 6.88. The van der Waals surface area contributed by atoms with Gasteiger partial charge in [0.05, 0.1) is 18.6 Å². The molecule has 0 bridgehead atoms. The largest absolute Gasteiger partial charge is 0.497 e. The van der Waals surface area contributed by atoms with Crippen molar-refractivity contribution in [3.63, 3.8) is 0 Å². The van der Waals surface area contributed by atoms with Gasteiger partial charge in [-0.1, -0.05) is 48.0 Å². The Morgan fingerprint density at radius 3 is 2.17 bits per heavy atom. The standard InChI is InChI=1S/C26H29N3O5S/c1-19-9-15-23(16-10-19)35(32,33)27-18-25(30)28-24(17-20-7-5-4-6-8-20)26(31)29(2)21-11-13-22(34-3)14-12-21/h4-16,24,27H,17-18H2,1-3H3,(H,28,30). The molecule has 1 atom stereocenters. The van der Waals surface area contributed by atoms with Crippen molar-refractivity contribution in [1.82, 2.24) is 10.0 Å². The van der Waals surface area contributed by atoms with E-state index in [9.17, 15) is 18.0 Å². The topological polar surface area (TPSA) is 105 Å². The summed E-state index contributed by atoms with van der Waals surface area (Å²) in [6.07, 6.45) is 0.247. The van der Waals surface area contributed by atoms with Crippen LogP contribution < -0.4 is 19.7 Å². The average molecular weight is 496 g/mol. The van der Waals surface area contributed by atoms with Crippen molar-refractivity contribution in [1.29, 1.82) is 0 Å². The number of ether oxygens (including phenoxy) is 1. The summed E-state index contributed by atoms with van der Waals surface area (Å²) in [7, 11) is -0.694. The molecule has 0 aliphatic rings. The fourth-order valence-electron chi connectivity index (χ4n) is 3.42. The van der Waals surface area contributed by atoms with Gasteiger partial charge in [-0.3, -0.25) is 9.59 Å². The number of nitrogens with zero attached hydrogens (tertiary/aromatic N) is 1. The summed E-state index contributed by atoms with van der Waals surface area (Å²) >= 11 is 0. The Labute approximate surface area is 206 Å². The smallest absolute Gasteiger partial charge is 0.249 e. The summed E-state index contributed by atoms with van der Waals surface area (Å²) < 4.78 is 32.5. The van der Waals surface area contributed by atoms with Crippen LogP contribution in [0.25, 0.3) is 0 Å². The van der Waals surface area contributed by atoms with E-state index < -0.39 is 28.5 Å². The van der Waals surface area contributed by atoms with Crippen LogP contribution in [0.2, 0.25) is 0 Å².